The smallest absolute Gasteiger partial charge is 0.240 e. The van der Waals surface area contributed by atoms with Crippen molar-refractivity contribution in [1.29, 1.82) is 0 Å². The number of benzene rings is 1. The molecule has 0 aliphatic rings. The number of aromatic nitrogens is 2. The van der Waals surface area contributed by atoms with Crippen LogP contribution in [0.15, 0.2) is 23.2 Å². The molecule has 0 saturated heterocycles. The number of nitrogen functional groups attached to an aromatic ring is 2. The fourth-order valence-electron chi connectivity index (χ4n) is 1.83. The molecule has 0 atom stereocenters. The van der Waals surface area contributed by atoms with Crippen molar-refractivity contribution in [1.82, 2.24) is 9.78 Å². The van der Waals surface area contributed by atoms with Gasteiger partial charge in [-0.1, -0.05) is 0 Å². The van der Waals surface area contributed by atoms with Crippen LogP contribution in [0.1, 0.15) is 11.1 Å². The third kappa shape index (κ3) is 2.78. The number of nitrogens with two attached hydrogens (primary N) is 2. The zero-order valence-corrected chi connectivity index (χ0v) is 11.3. The lowest BCUT2D eigenvalue weighted by atomic mass is 10.1. The molecule has 7 heteroatoms. The van der Waals surface area contributed by atoms with Crippen LogP contribution >= 0.6 is 0 Å². The average Bonchev–Trinajstić information content (AvgIpc) is 2.68. The van der Waals surface area contributed by atoms with Crippen LogP contribution in [-0.2, 0) is 18.4 Å². The van der Waals surface area contributed by atoms with E-state index in [-0.39, 0.29) is 6.61 Å². The summed E-state index contributed by atoms with van der Waals surface area (Å²) in [5, 5.41) is 4.08. The first-order valence-corrected chi connectivity index (χ1v) is 5.90. The molecule has 0 bridgehead atoms. The maximum absolute atomic E-state index is 10.5. The van der Waals surface area contributed by atoms with Gasteiger partial charge >= 0.3 is 0 Å². The number of hydrogen-bond donors (Lipinski definition) is 2. The van der Waals surface area contributed by atoms with Crippen molar-refractivity contribution in [2.75, 3.05) is 11.5 Å². The third-order valence-electron chi connectivity index (χ3n) is 2.90. The first kappa shape index (κ1) is 13.6. The number of aliphatic imine (C=N–C) groups is 1. The fraction of sp³-hybridized carbons (Fsp3) is 0.231. The molecule has 0 fully saturated rings. The topological polar surface area (TPSA) is 109 Å². The van der Waals surface area contributed by atoms with Crippen molar-refractivity contribution in [3.8, 4) is 5.88 Å². The van der Waals surface area contributed by atoms with E-state index in [1.165, 1.54) is 10.8 Å². The van der Waals surface area contributed by atoms with Crippen LogP contribution in [-0.4, -0.2) is 15.9 Å². The SMILES string of the molecule is Cc1cc(N)cc(N=C=O)c1COc1cc(N)n(C)n1. The van der Waals surface area contributed by atoms with Gasteiger partial charge in [0.1, 0.15) is 12.4 Å². The molecule has 1 aromatic heterocycles. The van der Waals surface area contributed by atoms with Crippen LogP contribution in [0.5, 0.6) is 5.88 Å². The van der Waals surface area contributed by atoms with Crippen LogP contribution in [0, 0.1) is 6.92 Å². The molecule has 0 radical (unpaired) electrons. The molecule has 0 saturated carbocycles. The van der Waals surface area contributed by atoms with E-state index in [1.807, 2.05) is 6.92 Å². The Morgan fingerprint density at radius 3 is 2.75 bits per heavy atom. The van der Waals surface area contributed by atoms with Crippen LogP contribution in [0.3, 0.4) is 0 Å². The molecule has 7 nitrogen and oxygen atoms in total. The second-order valence-electron chi connectivity index (χ2n) is 4.36. The molecular formula is C13H15N5O2. The first-order chi connectivity index (χ1) is 9.51. The van der Waals surface area contributed by atoms with Crippen LogP contribution in [0.2, 0.25) is 0 Å². The van der Waals surface area contributed by atoms with E-state index in [1.54, 1.807) is 25.2 Å². The highest BCUT2D eigenvalue weighted by Crippen LogP contribution is 2.27. The summed E-state index contributed by atoms with van der Waals surface area (Å²) in [5.41, 5.74) is 14.0. The van der Waals surface area contributed by atoms with Gasteiger partial charge in [-0.3, -0.25) is 0 Å². The first-order valence-electron chi connectivity index (χ1n) is 5.90. The zero-order valence-electron chi connectivity index (χ0n) is 11.3. The molecule has 0 spiro atoms. The van der Waals surface area contributed by atoms with Crippen molar-refractivity contribution in [2.45, 2.75) is 13.5 Å². The summed E-state index contributed by atoms with van der Waals surface area (Å²) in [4.78, 5) is 14.1. The Bertz CT molecular complexity index is 667. The minimum Gasteiger partial charge on any atom is -0.472 e. The molecular weight excluding hydrogens is 258 g/mol. The van der Waals surface area contributed by atoms with Gasteiger partial charge in [0, 0.05) is 24.4 Å². The number of nitrogens with zero attached hydrogens (tertiary/aromatic N) is 3. The van der Waals surface area contributed by atoms with Crippen LogP contribution in [0.4, 0.5) is 17.2 Å². The van der Waals surface area contributed by atoms with E-state index in [0.717, 1.165) is 11.1 Å². The molecule has 1 aromatic carbocycles. The molecule has 0 aliphatic heterocycles. The maximum atomic E-state index is 10.5. The minimum atomic E-state index is 0.211. The number of isocyanates is 1. The van der Waals surface area contributed by atoms with E-state index >= 15 is 0 Å². The maximum Gasteiger partial charge on any atom is 0.240 e. The van der Waals surface area contributed by atoms with Gasteiger partial charge < -0.3 is 16.2 Å². The van der Waals surface area contributed by atoms with E-state index in [2.05, 4.69) is 10.1 Å². The van der Waals surface area contributed by atoms with Crippen molar-refractivity contribution in [2.24, 2.45) is 12.0 Å². The van der Waals surface area contributed by atoms with Crippen molar-refractivity contribution < 1.29 is 9.53 Å². The Kier molecular flexibility index (Phi) is 3.72. The van der Waals surface area contributed by atoms with Gasteiger partial charge in [-0.05, 0) is 24.6 Å². The largest absolute Gasteiger partial charge is 0.472 e. The fourth-order valence-corrected chi connectivity index (χ4v) is 1.83. The molecule has 4 N–H and O–H groups in total. The van der Waals surface area contributed by atoms with E-state index in [4.69, 9.17) is 16.2 Å². The number of carbonyl (C=O) groups excluding carboxylic acids is 1. The summed E-state index contributed by atoms with van der Waals surface area (Å²) >= 11 is 0. The molecule has 0 aliphatic carbocycles. The van der Waals surface area contributed by atoms with Gasteiger partial charge in [0.2, 0.25) is 12.0 Å². The highest BCUT2D eigenvalue weighted by atomic mass is 16.5. The van der Waals surface area contributed by atoms with Gasteiger partial charge in [-0.15, -0.1) is 5.10 Å². The lowest BCUT2D eigenvalue weighted by Crippen LogP contribution is -2.01. The lowest BCUT2D eigenvalue weighted by molar-refractivity contribution is 0.290. The van der Waals surface area contributed by atoms with E-state index < -0.39 is 0 Å². The van der Waals surface area contributed by atoms with Crippen molar-refractivity contribution in [3.05, 3.63) is 29.3 Å². The molecule has 20 heavy (non-hydrogen) atoms. The van der Waals surface area contributed by atoms with E-state index in [9.17, 15) is 4.79 Å². The standard InChI is InChI=1S/C13H15N5O2/c1-8-3-9(14)4-11(16-7-19)10(8)6-20-13-5-12(15)18(2)17-13/h3-5H,6,14-15H2,1-2H3. The monoisotopic (exact) mass is 273 g/mol. The highest BCUT2D eigenvalue weighted by molar-refractivity contribution is 5.62. The number of aryl methyl sites for hydroxylation is 2. The Balaban J connectivity index is 2.26. The summed E-state index contributed by atoms with van der Waals surface area (Å²) in [6.45, 7) is 2.08. The van der Waals surface area contributed by atoms with Gasteiger partial charge in [0.15, 0.2) is 0 Å². The summed E-state index contributed by atoms with van der Waals surface area (Å²) < 4.78 is 7.07. The predicted molar refractivity (Wildman–Crippen MR) is 75.3 cm³/mol. The lowest BCUT2D eigenvalue weighted by Gasteiger charge is -2.10. The molecule has 1 heterocycles. The molecule has 2 aromatic rings. The number of ether oxygens (including phenoxy) is 1. The van der Waals surface area contributed by atoms with Gasteiger partial charge in [-0.2, -0.15) is 4.99 Å². The second-order valence-corrected chi connectivity index (χ2v) is 4.36. The normalized spacial score (nSPS) is 10.1. The highest BCUT2D eigenvalue weighted by Gasteiger charge is 2.10. The average molecular weight is 273 g/mol. The van der Waals surface area contributed by atoms with Crippen LogP contribution < -0.4 is 16.2 Å². The Morgan fingerprint density at radius 2 is 2.15 bits per heavy atom. The number of rotatable bonds is 4. The molecule has 104 valence electrons. The minimum absolute atomic E-state index is 0.211. The number of anilines is 2. The van der Waals surface area contributed by atoms with Crippen molar-refractivity contribution in [3.63, 3.8) is 0 Å². The van der Waals surface area contributed by atoms with E-state index in [0.29, 0.717) is 23.1 Å². The molecule has 0 unspecified atom stereocenters. The summed E-state index contributed by atoms with van der Waals surface area (Å²) in [6.07, 6.45) is 1.51. The van der Waals surface area contributed by atoms with Crippen LogP contribution in [0.25, 0.3) is 0 Å². The quantitative estimate of drug-likeness (QED) is 0.497. The Morgan fingerprint density at radius 1 is 1.40 bits per heavy atom. The van der Waals surface area contributed by atoms with Gasteiger partial charge in [0.05, 0.1) is 5.69 Å². The Labute approximate surface area is 115 Å². The van der Waals surface area contributed by atoms with Gasteiger partial charge in [-0.25, -0.2) is 9.48 Å². The summed E-state index contributed by atoms with van der Waals surface area (Å²) in [5.74, 6) is 0.905. The third-order valence-corrected chi connectivity index (χ3v) is 2.90. The summed E-state index contributed by atoms with van der Waals surface area (Å²) in [7, 11) is 1.72. The second kappa shape index (κ2) is 5.46. The summed E-state index contributed by atoms with van der Waals surface area (Å²) in [6, 6.07) is 5.01. The zero-order chi connectivity index (χ0) is 14.7. The molecule has 0 amide bonds. The number of hydrogen-bond acceptors (Lipinski definition) is 6. The molecule has 2 rings (SSSR count). The van der Waals surface area contributed by atoms with Crippen molar-refractivity contribution >= 4 is 23.3 Å². The Hall–Kier alpha value is -2.79. The van der Waals surface area contributed by atoms with Gasteiger partial charge in [0.25, 0.3) is 0 Å². The predicted octanol–water partition coefficient (Wildman–Crippen LogP) is 1.44.